The van der Waals surface area contributed by atoms with Crippen molar-refractivity contribution in [3.05, 3.63) is 94.8 Å². The van der Waals surface area contributed by atoms with Crippen LogP contribution < -0.4 is 21.1 Å². The van der Waals surface area contributed by atoms with Crippen LogP contribution in [0.1, 0.15) is 46.1 Å². The lowest BCUT2D eigenvalue weighted by Crippen LogP contribution is -2.35. The van der Waals surface area contributed by atoms with Crippen LogP contribution in [0.25, 0.3) is 0 Å². The fraction of sp³-hybridized carbons (Fsp3) is 0.231. The lowest BCUT2D eigenvalue weighted by molar-refractivity contribution is -0.120. The number of fused-ring (bicyclic) bond motifs is 3. The Morgan fingerprint density at radius 2 is 1.82 bits per heavy atom. The molecule has 7 heteroatoms. The molecule has 2 heterocycles. The summed E-state index contributed by atoms with van der Waals surface area (Å²) in [6.07, 6.45) is 0. The first-order chi connectivity index (χ1) is 15.9. The van der Waals surface area contributed by atoms with Crippen LogP contribution in [0.3, 0.4) is 0 Å². The van der Waals surface area contributed by atoms with E-state index in [1.807, 2.05) is 50.2 Å². The van der Waals surface area contributed by atoms with Gasteiger partial charge < -0.3 is 10.6 Å². The second kappa shape index (κ2) is 8.33. The molecular weight excluding hydrogens is 419 g/mol. The minimum atomic E-state index is -0.313. The van der Waals surface area contributed by atoms with Gasteiger partial charge in [-0.1, -0.05) is 29.8 Å². The molecule has 5 rings (SSSR count). The topological polar surface area (TPSA) is 73.5 Å². The normalized spacial score (nSPS) is 20.0. The number of nitrogens with one attached hydrogen (secondary N) is 3. The molecule has 0 aromatic heterocycles. The molecule has 0 bridgehead atoms. The van der Waals surface area contributed by atoms with Gasteiger partial charge in [0.05, 0.1) is 23.7 Å². The highest BCUT2D eigenvalue weighted by atomic mass is 19.1. The average Bonchev–Trinajstić information content (AvgIpc) is 3.16. The van der Waals surface area contributed by atoms with Gasteiger partial charge >= 0.3 is 0 Å². The van der Waals surface area contributed by atoms with Crippen LogP contribution in [0.15, 0.2) is 66.7 Å². The maximum absolute atomic E-state index is 13.2. The van der Waals surface area contributed by atoms with Gasteiger partial charge in [-0.2, -0.15) is 0 Å². The van der Waals surface area contributed by atoms with Crippen LogP contribution in [0.5, 0.6) is 0 Å². The second-order valence-corrected chi connectivity index (χ2v) is 8.65. The van der Waals surface area contributed by atoms with Gasteiger partial charge in [-0.15, -0.1) is 0 Å². The minimum absolute atomic E-state index is 0.00166. The van der Waals surface area contributed by atoms with E-state index in [0.717, 1.165) is 28.1 Å². The van der Waals surface area contributed by atoms with E-state index in [-0.39, 0.29) is 35.6 Å². The molecule has 0 spiro atoms. The number of hydrazine groups is 1. The van der Waals surface area contributed by atoms with Crippen LogP contribution in [0.4, 0.5) is 15.8 Å². The number of halogens is 1. The summed E-state index contributed by atoms with van der Waals surface area (Å²) in [6, 6.07) is 18.9. The second-order valence-electron chi connectivity index (χ2n) is 8.65. The van der Waals surface area contributed by atoms with Crippen LogP contribution in [0.2, 0.25) is 0 Å². The maximum Gasteiger partial charge on any atom is 0.251 e. The molecule has 1 fully saturated rings. The highest BCUT2D eigenvalue weighted by molar-refractivity contribution is 5.99. The van der Waals surface area contributed by atoms with Crippen molar-refractivity contribution in [1.29, 1.82) is 0 Å². The van der Waals surface area contributed by atoms with E-state index < -0.39 is 0 Å². The highest BCUT2D eigenvalue weighted by Gasteiger charge is 2.44. The number of hydrogen-bond acceptors (Lipinski definition) is 4. The van der Waals surface area contributed by atoms with E-state index >= 15 is 0 Å². The molecule has 6 nitrogen and oxygen atoms in total. The van der Waals surface area contributed by atoms with Gasteiger partial charge in [-0.3, -0.25) is 9.59 Å². The summed E-state index contributed by atoms with van der Waals surface area (Å²) in [5, 5.41) is 7.90. The number of carbonyl (C=O) groups is 2. The molecule has 0 aliphatic carbocycles. The molecule has 2 aliphatic heterocycles. The summed E-state index contributed by atoms with van der Waals surface area (Å²) in [4.78, 5) is 26.0. The Labute approximate surface area is 191 Å². The van der Waals surface area contributed by atoms with Gasteiger partial charge in [-0.05, 0) is 67.4 Å². The predicted molar refractivity (Wildman–Crippen MR) is 125 cm³/mol. The quantitative estimate of drug-likeness (QED) is 0.562. The molecule has 3 unspecified atom stereocenters. The minimum Gasteiger partial charge on any atom is -0.384 e. The Morgan fingerprint density at radius 3 is 2.55 bits per heavy atom. The number of nitrogens with zero attached hydrogens (tertiary/aromatic N) is 1. The van der Waals surface area contributed by atoms with E-state index in [9.17, 15) is 14.0 Å². The first-order valence-corrected chi connectivity index (χ1v) is 11.0. The fourth-order valence-corrected chi connectivity index (χ4v) is 4.45. The van der Waals surface area contributed by atoms with Crippen molar-refractivity contribution in [1.82, 2.24) is 10.7 Å². The number of benzene rings is 3. The number of aryl methyl sites for hydroxylation is 1. The third-order valence-electron chi connectivity index (χ3n) is 6.38. The molecule has 2 amide bonds. The monoisotopic (exact) mass is 444 g/mol. The zero-order chi connectivity index (χ0) is 23.1. The fourth-order valence-electron chi connectivity index (χ4n) is 4.45. The Bertz CT molecular complexity index is 1210. The zero-order valence-electron chi connectivity index (χ0n) is 18.4. The van der Waals surface area contributed by atoms with E-state index in [2.05, 4.69) is 16.1 Å². The van der Waals surface area contributed by atoms with Gasteiger partial charge in [-0.25, -0.2) is 14.8 Å². The SMILES string of the molecule is Cc1ccc(N2NC3c4cc(C(=O)NC(C)c5ccc(F)cc5)ccc4NCC3C2=O)cc1. The van der Waals surface area contributed by atoms with Crippen molar-refractivity contribution in [2.75, 3.05) is 16.9 Å². The lowest BCUT2D eigenvalue weighted by atomic mass is 9.88. The molecule has 3 atom stereocenters. The lowest BCUT2D eigenvalue weighted by Gasteiger charge is -2.27. The first-order valence-electron chi connectivity index (χ1n) is 11.0. The summed E-state index contributed by atoms with van der Waals surface area (Å²) in [5.74, 6) is -0.805. The van der Waals surface area contributed by atoms with Gasteiger partial charge in [0.2, 0.25) is 5.91 Å². The molecule has 168 valence electrons. The van der Waals surface area contributed by atoms with Gasteiger partial charge in [0.1, 0.15) is 5.82 Å². The third kappa shape index (κ3) is 3.96. The predicted octanol–water partition coefficient (Wildman–Crippen LogP) is 4.26. The Kier molecular flexibility index (Phi) is 5.34. The van der Waals surface area contributed by atoms with Crippen molar-refractivity contribution in [3.8, 4) is 0 Å². The van der Waals surface area contributed by atoms with E-state index in [1.165, 1.54) is 12.1 Å². The van der Waals surface area contributed by atoms with Crippen LogP contribution in [-0.2, 0) is 4.79 Å². The molecule has 2 aliphatic rings. The van der Waals surface area contributed by atoms with Crippen molar-refractivity contribution in [3.63, 3.8) is 0 Å². The number of carbonyl (C=O) groups excluding carboxylic acids is 2. The third-order valence-corrected chi connectivity index (χ3v) is 6.38. The van der Waals surface area contributed by atoms with Crippen molar-refractivity contribution < 1.29 is 14.0 Å². The molecule has 3 aromatic carbocycles. The molecule has 3 N–H and O–H groups in total. The molecular formula is C26H25FN4O2. The standard InChI is InChI=1S/C26H25FN4O2/c1-15-3-10-20(11-4-15)31-26(33)22-14-28-23-12-7-18(13-21(23)24(22)30-31)25(32)29-16(2)17-5-8-19(27)9-6-17/h3-13,16,22,24,28,30H,14H2,1-2H3,(H,29,32). The largest absolute Gasteiger partial charge is 0.384 e. The zero-order valence-corrected chi connectivity index (χ0v) is 18.4. The Balaban J connectivity index is 1.37. The van der Waals surface area contributed by atoms with Gasteiger partial charge in [0.25, 0.3) is 5.91 Å². The van der Waals surface area contributed by atoms with E-state index in [1.54, 1.807) is 23.2 Å². The number of rotatable bonds is 4. The van der Waals surface area contributed by atoms with Gasteiger partial charge in [0.15, 0.2) is 0 Å². The average molecular weight is 445 g/mol. The number of hydrogen-bond donors (Lipinski definition) is 3. The Hall–Kier alpha value is -3.71. The van der Waals surface area contributed by atoms with Crippen LogP contribution >= 0.6 is 0 Å². The molecule has 0 saturated carbocycles. The summed E-state index contributed by atoms with van der Waals surface area (Å²) in [5.41, 5.74) is 8.39. The number of amides is 2. The smallest absolute Gasteiger partial charge is 0.251 e. The number of anilines is 2. The van der Waals surface area contributed by atoms with E-state index in [0.29, 0.717) is 12.1 Å². The first kappa shape index (κ1) is 21.2. The molecule has 33 heavy (non-hydrogen) atoms. The molecule has 3 aromatic rings. The summed E-state index contributed by atoms with van der Waals surface area (Å²) >= 11 is 0. The van der Waals surface area contributed by atoms with Crippen molar-refractivity contribution in [2.24, 2.45) is 5.92 Å². The summed E-state index contributed by atoms with van der Waals surface area (Å²) in [7, 11) is 0. The molecule has 1 saturated heterocycles. The molecule has 0 radical (unpaired) electrons. The Morgan fingerprint density at radius 1 is 1.09 bits per heavy atom. The summed E-state index contributed by atoms with van der Waals surface area (Å²) in [6.45, 7) is 4.39. The van der Waals surface area contributed by atoms with Crippen LogP contribution in [-0.4, -0.2) is 18.4 Å². The van der Waals surface area contributed by atoms with Gasteiger partial charge in [0, 0.05) is 17.8 Å². The highest BCUT2D eigenvalue weighted by Crippen LogP contribution is 2.40. The maximum atomic E-state index is 13.2. The van der Waals surface area contributed by atoms with Crippen LogP contribution in [0, 0.1) is 18.7 Å². The van der Waals surface area contributed by atoms with E-state index in [4.69, 9.17) is 0 Å². The van der Waals surface area contributed by atoms with Crippen molar-refractivity contribution >= 4 is 23.2 Å². The summed E-state index contributed by atoms with van der Waals surface area (Å²) < 4.78 is 13.2. The van der Waals surface area contributed by atoms with Crippen molar-refractivity contribution in [2.45, 2.75) is 25.9 Å².